The zero-order chi connectivity index (χ0) is 11.3. The molecule has 15 heavy (non-hydrogen) atoms. The van der Waals surface area contributed by atoms with Gasteiger partial charge in [0.15, 0.2) is 0 Å². The minimum absolute atomic E-state index is 0.0299. The summed E-state index contributed by atoms with van der Waals surface area (Å²) >= 11 is 0. The van der Waals surface area contributed by atoms with E-state index in [-0.39, 0.29) is 11.9 Å². The molecular weight excluding hydrogens is 188 g/mol. The Morgan fingerprint density at radius 2 is 2.13 bits per heavy atom. The highest BCUT2D eigenvalue weighted by atomic mass is 16.1. The highest BCUT2D eigenvalue weighted by Gasteiger charge is 2.07. The summed E-state index contributed by atoms with van der Waals surface area (Å²) in [6.07, 6.45) is 0.428. The van der Waals surface area contributed by atoms with Gasteiger partial charge in [0.2, 0.25) is 5.91 Å². The molecule has 3 heteroatoms. The van der Waals surface area contributed by atoms with Crippen LogP contribution in [0, 0.1) is 6.92 Å². The van der Waals surface area contributed by atoms with Gasteiger partial charge in [0.25, 0.3) is 0 Å². The Balaban J connectivity index is 2.55. The molecular formula is C12H18N2O. The highest BCUT2D eigenvalue weighted by Crippen LogP contribution is 2.07. The van der Waals surface area contributed by atoms with E-state index in [4.69, 9.17) is 5.73 Å². The molecule has 0 aliphatic rings. The second kappa shape index (κ2) is 5.51. The lowest BCUT2D eigenvalue weighted by molar-refractivity contribution is -0.121. The fraction of sp³-hybridized carbons (Fsp3) is 0.417. The molecule has 3 N–H and O–H groups in total. The minimum Gasteiger partial charge on any atom is -0.352 e. The maximum atomic E-state index is 11.6. The van der Waals surface area contributed by atoms with Crippen LogP contribution in [0.25, 0.3) is 0 Å². The topological polar surface area (TPSA) is 55.1 Å². The Bertz CT molecular complexity index is 336. The lowest BCUT2D eigenvalue weighted by Gasteiger charge is -2.11. The monoisotopic (exact) mass is 206 g/mol. The van der Waals surface area contributed by atoms with Crippen LogP contribution in [0.4, 0.5) is 0 Å². The van der Waals surface area contributed by atoms with Crippen LogP contribution in [0.15, 0.2) is 24.3 Å². The van der Waals surface area contributed by atoms with Gasteiger partial charge in [0.1, 0.15) is 0 Å². The number of carbonyl (C=O) groups is 1. The fourth-order valence-electron chi connectivity index (χ4n) is 1.37. The first-order valence-electron chi connectivity index (χ1n) is 5.17. The maximum absolute atomic E-state index is 11.6. The Kier molecular flexibility index (Phi) is 4.31. The normalized spacial score (nSPS) is 12.2. The van der Waals surface area contributed by atoms with Crippen LogP contribution in [0.1, 0.15) is 18.1 Å². The molecule has 82 valence electrons. The first kappa shape index (κ1) is 11.7. The van der Waals surface area contributed by atoms with Crippen molar-refractivity contribution in [1.82, 2.24) is 5.32 Å². The zero-order valence-electron chi connectivity index (χ0n) is 9.29. The number of nitrogens with two attached hydrogens (primary N) is 1. The van der Waals surface area contributed by atoms with Gasteiger partial charge < -0.3 is 11.1 Å². The first-order valence-corrected chi connectivity index (χ1v) is 5.17. The van der Waals surface area contributed by atoms with Crippen molar-refractivity contribution < 1.29 is 4.79 Å². The number of carbonyl (C=O) groups excluding carboxylic acids is 1. The van der Waals surface area contributed by atoms with Gasteiger partial charge in [-0.2, -0.15) is 0 Å². The van der Waals surface area contributed by atoms with Crippen molar-refractivity contribution in [3.05, 3.63) is 35.4 Å². The number of aryl methyl sites for hydroxylation is 1. The summed E-state index contributed by atoms with van der Waals surface area (Å²) in [7, 11) is 0. The van der Waals surface area contributed by atoms with Crippen LogP contribution >= 0.6 is 0 Å². The van der Waals surface area contributed by atoms with Crippen molar-refractivity contribution in [3.8, 4) is 0 Å². The third kappa shape index (κ3) is 3.72. The van der Waals surface area contributed by atoms with Gasteiger partial charge in [-0.1, -0.05) is 24.3 Å². The van der Waals surface area contributed by atoms with Gasteiger partial charge in [0.05, 0.1) is 6.42 Å². The van der Waals surface area contributed by atoms with E-state index >= 15 is 0 Å². The molecule has 0 aliphatic carbocycles. The van der Waals surface area contributed by atoms with Crippen LogP contribution in [0.2, 0.25) is 0 Å². The number of hydrogen-bond acceptors (Lipinski definition) is 2. The Morgan fingerprint density at radius 3 is 2.73 bits per heavy atom. The number of hydrogen-bond donors (Lipinski definition) is 2. The molecule has 0 heterocycles. The van der Waals surface area contributed by atoms with Gasteiger partial charge in [-0.25, -0.2) is 0 Å². The Hall–Kier alpha value is -1.35. The van der Waals surface area contributed by atoms with Crippen molar-refractivity contribution in [2.45, 2.75) is 26.3 Å². The van der Waals surface area contributed by atoms with E-state index in [1.807, 2.05) is 38.1 Å². The molecule has 1 aromatic rings. The van der Waals surface area contributed by atoms with Crippen LogP contribution in [-0.2, 0) is 11.2 Å². The van der Waals surface area contributed by atoms with E-state index in [0.29, 0.717) is 13.0 Å². The third-order valence-electron chi connectivity index (χ3n) is 2.37. The summed E-state index contributed by atoms with van der Waals surface area (Å²) in [5.74, 6) is 0.0299. The second-order valence-corrected chi connectivity index (χ2v) is 3.81. The number of nitrogens with one attached hydrogen (secondary N) is 1. The van der Waals surface area contributed by atoms with E-state index in [2.05, 4.69) is 5.32 Å². The molecule has 1 aromatic carbocycles. The molecule has 1 atom stereocenters. The predicted molar refractivity (Wildman–Crippen MR) is 61.5 cm³/mol. The van der Waals surface area contributed by atoms with Crippen molar-refractivity contribution >= 4 is 5.91 Å². The van der Waals surface area contributed by atoms with E-state index in [1.54, 1.807) is 0 Å². The van der Waals surface area contributed by atoms with E-state index < -0.39 is 0 Å². The summed E-state index contributed by atoms with van der Waals surface area (Å²) in [5.41, 5.74) is 7.64. The minimum atomic E-state index is 0.0299. The van der Waals surface area contributed by atoms with Gasteiger partial charge in [-0.15, -0.1) is 0 Å². The number of benzene rings is 1. The number of amides is 1. The van der Waals surface area contributed by atoms with Gasteiger partial charge in [0, 0.05) is 12.6 Å². The van der Waals surface area contributed by atoms with Gasteiger partial charge in [-0.05, 0) is 25.0 Å². The summed E-state index contributed by atoms with van der Waals surface area (Å²) in [4.78, 5) is 11.6. The van der Waals surface area contributed by atoms with E-state index in [1.165, 1.54) is 0 Å². The standard InChI is InChI=1S/C12H18N2O/c1-9-5-3-4-6-11(9)7-12(15)14-10(2)8-13/h3-6,10H,7-8,13H2,1-2H3,(H,14,15)/t10-/m0/s1. The molecule has 0 aromatic heterocycles. The smallest absolute Gasteiger partial charge is 0.224 e. The average Bonchev–Trinajstić information content (AvgIpc) is 2.21. The molecule has 1 amide bonds. The molecule has 1 rings (SSSR count). The van der Waals surface area contributed by atoms with Crippen LogP contribution in [0.5, 0.6) is 0 Å². The maximum Gasteiger partial charge on any atom is 0.224 e. The van der Waals surface area contributed by atoms with Crippen molar-refractivity contribution in [1.29, 1.82) is 0 Å². The molecule has 0 fully saturated rings. The number of rotatable bonds is 4. The highest BCUT2D eigenvalue weighted by molar-refractivity contribution is 5.79. The zero-order valence-corrected chi connectivity index (χ0v) is 9.29. The average molecular weight is 206 g/mol. The molecule has 3 nitrogen and oxygen atoms in total. The van der Waals surface area contributed by atoms with E-state index in [0.717, 1.165) is 11.1 Å². The predicted octanol–water partition coefficient (Wildman–Crippen LogP) is 1.00. The van der Waals surface area contributed by atoms with Gasteiger partial charge >= 0.3 is 0 Å². The summed E-state index contributed by atoms with van der Waals surface area (Å²) in [6.45, 7) is 4.38. The Morgan fingerprint density at radius 1 is 1.47 bits per heavy atom. The molecule has 0 unspecified atom stereocenters. The summed E-state index contributed by atoms with van der Waals surface area (Å²) in [6, 6.07) is 7.94. The lowest BCUT2D eigenvalue weighted by atomic mass is 10.1. The first-order chi connectivity index (χ1) is 7.13. The summed E-state index contributed by atoms with van der Waals surface area (Å²) in [5, 5.41) is 2.84. The molecule has 0 radical (unpaired) electrons. The second-order valence-electron chi connectivity index (χ2n) is 3.81. The lowest BCUT2D eigenvalue weighted by Crippen LogP contribution is -2.38. The fourth-order valence-corrected chi connectivity index (χ4v) is 1.37. The molecule has 0 bridgehead atoms. The SMILES string of the molecule is Cc1ccccc1CC(=O)N[C@@H](C)CN. The summed E-state index contributed by atoms with van der Waals surface area (Å²) < 4.78 is 0. The van der Waals surface area contributed by atoms with Crippen LogP contribution < -0.4 is 11.1 Å². The van der Waals surface area contributed by atoms with Crippen molar-refractivity contribution in [2.24, 2.45) is 5.73 Å². The molecule has 0 saturated heterocycles. The quantitative estimate of drug-likeness (QED) is 0.772. The molecule has 0 aliphatic heterocycles. The third-order valence-corrected chi connectivity index (χ3v) is 2.37. The van der Waals surface area contributed by atoms with Gasteiger partial charge in [-0.3, -0.25) is 4.79 Å². The largest absolute Gasteiger partial charge is 0.352 e. The Labute approximate surface area is 90.7 Å². The van der Waals surface area contributed by atoms with Crippen molar-refractivity contribution in [2.75, 3.05) is 6.54 Å². The molecule has 0 spiro atoms. The molecule has 0 saturated carbocycles. The van der Waals surface area contributed by atoms with Crippen molar-refractivity contribution in [3.63, 3.8) is 0 Å². The van der Waals surface area contributed by atoms with Crippen LogP contribution in [-0.4, -0.2) is 18.5 Å². The van der Waals surface area contributed by atoms with Crippen LogP contribution in [0.3, 0.4) is 0 Å². The van der Waals surface area contributed by atoms with E-state index in [9.17, 15) is 4.79 Å².